The molecule has 0 heterocycles. The zero-order chi connectivity index (χ0) is 21.0. The largest absolute Gasteiger partial charge is 0.394 e. The van der Waals surface area contributed by atoms with E-state index in [4.69, 9.17) is 19.3 Å². The highest BCUT2D eigenvalue weighted by molar-refractivity contribution is 5.75. The molecule has 6 N–H and O–H groups in total. The highest BCUT2D eigenvalue weighted by atomic mass is 16.7. The second kappa shape index (κ2) is 14.2. The average Bonchev–Trinajstić information content (AvgIpc) is 2.66. The first-order chi connectivity index (χ1) is 12.7. The molecule has 7 atom stereocenters. The van der Waals surface area contributed by atoms with Gasteiger partial charge in [0, 0.05) is 13.5 Å². The van der Waals surface area contributed by atoms with Gasteiger partial charge in [-0.05, 0) is 13.3 Å². The van der Waals surface area contributed by atoms with Crippen LogP contribution in [0.2, 0.25) is 0 Å². The van der Waals surface area contributed by atoms with Crippen LogP contribution < -0.4 is 5.32 Å². The molecule has 0 saturated heterocycles. The van der Waals surface area contributed by atoms with Crippen molar-refractivity contribution in [2.75, 3.05) is 26.9 Å². The molecule has 0 aromatic heterocycles. The van der Waals surface area contributed by atoms with E-state index in [-0.39, 0.29) is 32.0 Å². The maximum absolute atomic E-state index is 11.7. The van der Waals surface area contributed by atoms with Crippen LogP contribution in [0, 0.1) is 0 Å². The van der Waals surface area contributed by atoms with Crippen LogP contribution in [-0.4, -0.2) is 101 Å². The van der Waals surface area contributed by atoms with Crippen LogP contribution in [0.4, 0.5) is 0 Å². The molecule has 10 nitrogen and oxygen atoms in total. The Balaban J connectivity index is 5.08. The molecular weight excluding hydrogens is 362 g/mol. The Morgan fingerprint density at radius 1 is 1.07 bits per heavy atom. The van der Waals surface area contributed by atoms with Crippen molar-refractivity contribution in [1.82, 2.24) is 5.32 Å². The molecule has 0 aromatic carbocycles. The summed E-state index contributed by atoms with van der Waals surface area (Å²) in [4.78, 5) is 11.7. The molecule has 1 amide bonds. The highest BCUT2D eigenvalue weighted by Crippen LogP contribution is 2.12. The Morgan fingerprint density at radius 3 is 2.15 bits per heavy atom. The SMILES string of the molecule is CCC(=O)N[C@@H](CO[C@@H](OC(COC)[C@H](O)CO)[C@H](C)O)[C@H](O)[C@H](O)CC. The lowest BCUT2D eigenvalue weighted by atomic mass is 10.0. The predicted octanol–water partition coefficient (Wildman–Crippen LogP) is -1.88. The van der Waals surface area contributed by atoms with Crippen LogP contribution >= 0.6 is 0 Å². The molecule has 0 aliphatic carbocycles. The lowest BCUT2D eigenvalue weighted by molar-refractivity contribution is -0.241. The molecule has 0 saturated carbocycles. The molecule has 0 spiro atoms. The van der Waals surface area contributed by atoms with Crippen LogP contribution in [-0.2, 0) is 19.0 Å². The van der Waals surface area contributed by atoms with E-state index < -0.39 is 49.5 Å². The summed E-state index contributed by atoms with van der Waals surface area (Å²) in [7, 11) is 1.39. The average molecular weight is 397 g/mol. The summed E-state index contributed by atoms with van der Waals surface area (Å²) in [6.07, 6.45) is -6.46. The summed E-state index contributed by atoms with van der Waals surface area (Å²) in [6, 6.07) is -0.930. The number of methoxy groups -OCH3 is 1. The summed E-state index contributed by atoms with van der Waals surface area (Å²) < 4.78 is 15.9. The van der Waals surface area contributed by atoms with Gasteiger partial charge in [-0.15, -0.1) is 0 Å². The van der Waals surface area contributed by atoms with Crippen LogP contribution in [0.3, 0.4) is 0 Å². The fourth-order valence-electron chi connectivity index (χ4n) is 2.23. The van der Waals surface area contributed by atoms with Crippen LogP contribution in [0.5, 0.6) is 0 Å². The smallest absolute Gasteiger partial charge is 0.220 e. The molecule has 10 heteroatoms. The Bertz CT molecular complexity index is 397. The number of rotatable bonds is 15. The van der Waals surface area contributed by atoms with E-state index in [2.05, 4.69) is 5.32 Å². The maximum atomic E-state index is 11.7. The molecule has 162 valence electrons. The van der Waals surface area contributed by atoms with Gasteiger partial charge in [0.2, 0.25) is 5.91 Å². The molecule has 0 fully saturated rings. The number of carbonyl (C=O) groups is 1. The lowest BCUT2D eigenvalue weighted by Gasteiger charge is -2.32. The summed E-state index contributed by atoms with van der Waals surface area (Å²) >= 11 is 0. The van der Waals surface area contributed by atoms with E-state index in [1.807, 2.05) is 0 Å². The van der Waals surface area contributed by atoms with E-state index in [9.17, 15) is 25.2 Å². The normalized spacial score (nSPS) is 19.6. The van der Waals surface area contributed by atoms with E-state index in [0.29, 0.717) is 0 Å². The predicted molar refractivity (Wildman–Crippen MR) is 95.8 cm³/mol. The minimum Gasteiger partial charge on any atom is -0.394 e. The van der Waals surface area contributed by atoms with Gasteiger partial charge in [0.05, 0.1) is 32.0 Å². The zero-order valence-electron chi connectivity index (χ0n) is 16.4. The third-order valence-corrected chi connectivity index (χ3v) is 3.98. The first-order valence-corrected chi connectivity index (χ1v) is 9.10. The minimum atomic E-state index is -1.28. The lowest BCUT2D eigenvalue weighted by Crippen LogP contribution is -2.52. The number of ether oxygens (including phenoxy) is 3. The Kier molecular flexibility index (Phi) is 13.7. The molecule has 0 rings (SSSR count). The van der Waals surface area contributed by atoms with Gasteiger partial charge in [-0.3, -0.25) is 4.79 Å². The van der Waals surface area contributed by atoms with Crippen LogP contribution in [0.1, 0.15) is 33.6 Å². The van der Waals surface area contributed by atoms with Crippen molar-refractivity contribution in [2.24, 2.45) is 0 Å². The summed E-state index contributed by atoms with van der Waals surface area (Å²) in [5.41, 5.74) is 0. The Hall–Kier alpha value is -0.850. The number of nitrogens with one attached hydrogen (secondary N) is 1. The van der Waals surface area contributed by atoms with E-state index in [1.165, 1.54) is 14.0 Å². The molecule has 0 aliphatic heterocycles. The maximum Gasteiger partial charge on any atom is 0.220 e. The molecule has 0 radical (unpaired) electrons. The summed E-state index contributed by atoms with van der Waals surface area (Å²) in [5.74, 6) is -0.339. The molecule has 0 bridgehead atoms. The molecule has 27 heavy (non-hydrogen) atoms. The van der Waals surface area contributed by atoms with Crippen LogP contribution in [0.15, 0.2) is 0 Å². The van der Waals surface area contributed by atoms with Crippen molar-refractivity contribution < 1.29 is 44.5 Å². The number of aliphatic hydroxyl groups excluding tert-OH is 5. The van der Waals surface area contributed by atoms with E-state index >= 15 is 0 Å². The molecule has 0 aliphatic rings. The monoisotopic (exact) mass is 397 g/mol. The van der Waals surface area contributed by atoms with Gasteiger partial charge in [-0.1, -0.05) is 13.8 Å². The number of hydrogen-bond donors (Lipinski definition) is 6. The summed E-state index contributed by atoms with van der Waals surface area (Å²) in [5, 5.41) is 51.4. The standard InChI is InChI=1S/C17H35NO9/c1-5-12(21)16(24)11(18-15(23)6-2)8-26-17(10(3)20)27-14(9-25-4)13(22)7-19/h10-14,16-17,19-22,24H,5-9H2,1-4H3,(H,18,23)/t10-,11-,12+,13+,14?,16-,17-/m0/s1. The number of hydrogen-bond acceptors (Lipinski definition) is 9. The van der Waals surface area contributed by atoms with Crippen molar-refractivity contribution in [1.29, 1.82) is 0 Å². The minimum absolute atomic E-state index is 0.0541. The summed E-state index contributed by atoms with van der Waals surface area (Å²) in [6.45, 7) is 3.84. The highest BCUT2D eigenvalue weighted by Gasteiger charge is 2.31. The second-order valence-corrected chi connectivity index (χ2v) is 6.32. The van der Waals surface area contributed by atoms with Crippen molar-refractivity contribution in [3.8, 4) is 0 Å². The third-order valence-electron chi connectivity index (χ3n) is 3.98. The third kappa shape index (κ3) is 9.77. The van der Waals surface area contributed by atoms with Crippen molar-refractivity contribution in [2.45, 2.75) is 76.5 Å². The van der Waals surface area contributed by atoms with Gasteiger partial charge in [0.25, 0.3) is 0 Å². The van der Waals surface area contributed by atoms with E-state index in [0.717, 1.165) is 0 Å². The quantitative estimate of drug-likeness (QED) is 0.174. The first kappa shape index (κ1) is 26.1. The topological polar surface area (TPSA) is 158 Å². The molecular formula is C17H35NO9. The van der Waals surface area contributed by atoms with Crippen molar-refractivity contribution in [3.63, 3.8) is 0 Å². The van der Waals surface area contributed by atoms with Gasteiger partial charge in [-0.2, -0.15) is 0 Å². The van der Waals surface area contributed by atoms with Gasteiger partial charge in [0.1, 0.15) is 24.4 Å². The number of aliphatic hydroxyl groups is 5. The van der Waals surface area contributed by atoms with E-state index in [1.54, 1.807) is 13.8 Å². The fourth-order valence-corrected chi connectivity index (χ4v) is 2.23. The first-order valence-electron chi connectivity index (χ1n) is 9.10. The van der Waals surface area contributed by atoms with Gasteiger partial charge >= 0.3 is 0 Å². The van der Waals surface area contributed by atoms with Gasteiger partial charge in [0.15, 0.2) is 6.29 Å². The Labute approximate surface area is 160 Å². The number of carbonyl (C=O) groups excluding carboxylic acids is 1. The van der Waals surface area contributed by atoms with Crippen LogP contribution in [0.25, 0.3) is 0 Å². The Morgan fingerprint density at radius 2 is 1.70 bits per heavy atom. The van der Waals surface area contributed by atoms with Gasteiger partial charge in [-0.25, -0.2) is 0 Å². The van der Waals surface area contributed by atoms with Crippen molar-refractivity contribution in [3.05, 3.63) is 0 Å². The molecule has 1 unspecified atom stereocenters. The van der Waals surface area contributed by atoms with Crippen molar-refractivity contribution >= 4 is 5.91 Å². The van der Waals surface area contributed by atoms with Gasteiger partial charge < -0.3 is 45.1 Å². The fraction of sp³-hybridized carbons (Fsp3) is 0.941. The number of amides is 1. The second-order valence-electron chi connectivity index (χ2n) is 6.32. The zero-order valence-corrected chi connectivity index (χ0v) is 16.4. The molecule has 0 aromatic rings.